The smallest absolute Gasteiger partial charge is 0.222 e. The van der Waals surface area contributed by atoms with Gasteiger partial charge >= 0.3 is 0 Å². The summed E-state index contributed by atoms with van der Waals surface area (Å²) < 4.78 is 42.7. The van der Waals surface area contributed by atoms with E-state index in [4.69, 9.17) is 22.3 Å². The van der Waals surface area contributed by atoms with E-state index in [1.165, 1.54) is 0 Å². The number of rotatable bonds is 5. The molecule has 0 aliphatic heterocycles. The van der Waals surface area contributed by atoms with Gasteiger partial charge in [-0.2, -0.15) is 0 Å². The van der Waals surface area contributed by atoms with Gasteiger partial charge in [0.25, 0.3) is 0 Å². The SMILES string of the molecule is C=CCS(=O)(=O)C(Cl)=CCS(=O)(=O)Cl. The molecule has 0 fully saturated rings. The Hall–Kier alpha value is -0.0400. The second-order valence-corrected chi connectivity index (χ2v) is 7.74. The molecule has 0 radical (unpaired) electrons. The van der Waals surface area contributed by atoms with Crippen molar-refractivity contribution < 1.29 is 16.8 Å². The zero-order chi connectivity index (χ0) is 11.4. The average molecular weight is 279 g/mol. The van der Waals surface area contributed by atoms with E-state index in [0.29, 0.717) is 0 Å². The summed E-state index contributed by atoms with van der Waals surface area (Å²) >= 11 is 5.36. The molecule has 0 heterocycles. The van der Waals surface area contributed by atoms with E-state index in [1.54, 1.807) is 0 Å². The first-order chi connectivity index (χ1) is 6.19. The highest BCUT2D eigenvalue weighted by Crippen LogP contribution is 2.13. The normalized spacial score (nSPS) is 14.0. The Morgan fingerprint density at radius 3 is 2.07 bits per heavy atom. The summed E-state index contributed by atoms with van der Waals surface area (Å²) in [6.45, 7) is 3.23. The van der Waals surface area contributed by atoms with E-state index in [9.17, 15) is 16.8 Å². The number of hydrogen-bond acceptors (Lipinski definition) is 4. The minimum atomic E-state index is -3.77. The molecular weight excluding hydrogens is 271 g/mol. The molecule has 0 atom stereocenters. The molecule has 0 amide bonds. The van der Waals surface area contributed by atoms with Gasteiger partial charge in [0.05, 0.1) is 11.5 Å². The van der Waals surface area contributed by atoms with Crippen molar-refractivity contribution >= 4 is 41.2 Å². The Kier molecular flexibility index (Phi) is 5.14. The van der Waals surface area contributed by atoms with Crippen LogP contribution in [0.3, 0.4) is 0 Å². The fourth-order valence-electron chi connectivity index (χ4n) is 0.527. The predicted octanol–water partition coefficient (Wildman–Crippen LogP) is 1.24. The third kappa shape index (κ3) is 5.64. The standard InChI is InChI=1S/C6H8Cl2O4S2/c1-2-4-13(9,10)6(7)3-5-14(8,11)12/h2-3H,1,4-5H2. The summed E-state index contributed by atoms with van der Waals surface area (Å²) in [5, 5.41) is 0. The van der Waals surface area contributed by atoms with Gasteiger partial charge in [-0.15, -0.1) is 6.58 Å². The Bertz CT molecular complexity index is 432. The van der Waals surface area contributed by atoms with Crippen molar-refractivity contribution in [2.45, 2.75) is 0 Å². The Morgan fingerprint density at radius 1 is 1.21 bits per heavy atom. The van der Waals surface area contributed by atoms with Crippen LogP contribution < -0.4 is 0 Å². The van der Waals surface area contributed by atoms with Crippen LogP contribution in [0.1, 0.15) is 0 Å². The molecule has 14 heavy (non-hydrogen) atoms. The molecule has 0 aromatic rings. The maximum atomic E-state index is 11.1. The zero-order valence-corrected chi connectivity index (χ0v) is 10.1. The molecule has 0 bridgehead atoms. The molecule has 4 nitrogen and oxygen atoms in total. The molecular formula is C6H8Cl2O4S2. The van der Waals surface area contributed by atoms with Crippen molar-refractivity contribution in [2.75, 3.05) is 11.5 Å². The van der Waals surface area contributed by atoms with E-state index in [-0.39, 0.29) is 5.75 Å². The van der Waals surface area contributed by atoms with Gasteiger partial charge in [-0.1, -0.05) is 17.7 Å². The Labute approximate surface area is 92.5 Å². The molecule has 0 spiro atoms. The van der Waals surface area contributed by atoms with Gasteiger partial charge < -0.3 is 0 Å². The number of hydrogen-bond donors (Lipinski definition) is 0. The second kappa shape index (κ2) is 5.16. The van der Waals surface area contributed by atoms with Crippen molar-refractivity contribution in [3.05, 3.63) is 23.1 Å². The zero-order valence-electron chi connectivity index (χ0n) is 6.98. The monoisotopic (exact) mass is 278 g/mol. The molecule has 0 aliphatic carbocycles. The fourth-order valence-corrected chi connectivity index (χ4v) is 2.35. The van der Waals surface area contributed by atoms with E-state index in [1.807, 2.05) is 0 Å². The van der Waals surface area contributed by atoms with E-state index < -0.39 is 29.0 Å². The maximum absolute atomic E-state index is 11.1. The van der Waals surface area contributed by atoms with E-state index in [2.05, 4.69) is 6.58 Å². The molecule has 0 aliphatic rings. The van der Waals surface area contributed by atoms with Gasteiger partial charge in [0, 0.05) is 10.7 Å². The molecule has 0 saturated heterocycles. The second-order valence-electron chi connectivity index (χ2n) is 2.28. The third-order valence-corrected chi connectivity index (χ3v) is 4.32. The molecule has 82 valence electrons. The minimum absolute atomic E-state index is 0.343. The molecule has 0 saturated carbocycles. The lowest BCUT2D eigenvalue weighted by atomic mass is 10.7. The molecule has 0 aromatic carbocycles. The lowest BCUT2D eigenvalue weighted by Crippen LogP contribution is -2.05. The highest BCUT2D eigenvalue weighted by atomic mass is 35.7. The highest BCUT2D eigenvalue weighted by Gasteiger charge is 2.14. The van der Waals surface area contributed by atoms with Crippen molar-refractivity contribution in [1.82, 2.24) is 0 Å². The van der Waals surface area contributed by atoms with E-state index in [0.717, 1.165) is 12.2 Å². The fraction of sp³-hybridized carbons (Fsp3) is 0.333. The van der Waals surface area contributed by atoms with Crippen molar-refractivity contribution in [1.29, 1.82) is 0 Å². The number of sulfone groups is 1. The van der Waals surface area contributed by atoms with Gasteiger partial charge in [0.1, 0.15) is 4.36 Å². The van der Waals surface area contributed by atoms with Crippen molar-refractivity contribution in [3.63, 3.8) is 0 Å². The van der Waals surface area contributed by atoms with Crippen molar-refractivity contribution in [2.24, 2.45) is 0 Å². The Balaban J connectivity index is 4.79. The van der Waals surface area contributed by atoms with Crippen LogP contribution in [0.5, 0.6) is 0 Å². The summed E-state index contributed by atoms with van der Waals surface area (Å²) in [7, 11) is -2.56. The summed E-state index contributed by atoms with van der Waals surface area (Å²) in [5.74, 6) is -0.964. The van der Waals surface area contributed by atoms with Crippen LogP contribution in [0.25, 0.3) is 0 Å². The molecule has 0 N–H and O–H groups in total. The van der Waals surface area contributed by atoms with Gasteiger partial charge in [-0.05, 0) is 6.08 Å². The molecule has 0 aromatic heterocycles. The van der Waals surface area contributed by atoms with Crippen LogP contribution in [0.4, 0.5) is 0 Å². The lowest BCUT2D eigenvalue weighted by molar-refractivity contribution is 0.606. The van der Waals surface area contributed by atoms with Crippen LogP contribution in [0, 0.1) is 0 Å². The van der Waals surface area contributed by atoms with Crippen LogP contribution in [-0.4, -0.2) is 28.3 Å². The summed E-state index contributed by atoms with van der Waals surface area (Å²) in [6, 6.07) is 0. The predicted molar refractivity (Wildman–Crippen MR) is 57.6 cm³/mol. The first-order valence-electron chi connectivity index (χ1n) is 3.30. The molecule has 8 heteroatoms. The van der Waals surface area contributed by atoms with Crippen molar-refractivity contribution in [3.8, 4) is 0 Å². The summed E-state index contributed by atoms with van der Waals surface area (Å²) in [4.78, 5) is 0. The van der Waals surface area contributed by atoms with Crippen LogP contribution in [-0.2, 0) is 18.9 Å². The molecule has 0 unspecified atom stereocenters. The first kappa shape index (κ1) is 14.0. The van der Waals surface area contributed by atoms with Gasteiger partial charge in [-0.3, -0.25) is 0 Å². The topological polar surface area (TPSA) is 68.3 Å². The third-order valence-electron chi connectivity index (χ3n) is 1.08. The largest absolute Gasteiger partial charge is 0.236 e. The summed E-state index contributed by atoms with van der Waals surface area (Å²) in [6.07, 6.45) is 1.99. The quantitative estimate of drug-likeness (QED) is 0.561. The van der Waals surface area contributed by atoms with E-state index >= 15 is 0 Å². The van der Waals surface area contributed by atoms with Crippen LogP contribution in [0.2, 0.25) is 0 Å². The highest BCUT2D eigenvalue weighted by molar-refractivity contribution is 8.13. The Morgan fingerprint density at radius 2 is 1.71 bits per heavy atom. The average Bonchev–Trinajstić information content (AvgIpc) is 1.98. The van der Waals surface area contributed by atoms with Gasteiger partial charge in [-0.25, -0.2) is 16.8 Å². The summed E-state index contributed by atoms with van der Waals surface area (Å²) in [5.41, 5.74) is 0. The van der Waals surface area contributed by atoms with Crippen LogP contribution >= 0.6 is 22.3 Å². The van der Waals surface area contributed by atoms with Gasteiger partial charge in [0.2, 0.25) is 9.05 Å². The van der Waals surface area contributed by atoms with Gasteiger partial charge in [0.15, 0.2) is 9.84 Å². The molecule has 0 rings (SSSR count). The maximum Gasteiger partial charge on any atom is 0.236 e. The number of halogens is 2. The minimum Gasteiger partial charge on any atom is -0.222 e. The van der Waals surface area contributed by atoms with Crippen LogP contribution in [0.15, 0.2) is 23.1 Å². The first-order valence-corrected chi connectivity index (χ1v) is 7.81. The lowest BCUT2D eigenvalue weighted by Gasteiger charge is -1.97.